The predicted molar refractivity (Wildman–Crippen MR) is 77.5 cm³/mol. The molecular formula is C14H13N3O3S. The lowest BCUT2D eigenvalue weighted by Gasteiger charge is -2.20. The fourth-order valence-electron chi connectivity index (χ4n) is 2.02. The number of nitrogens with zero attached hydrogens (tertiary/aromatic N) is 2. The van der Waals surface area contributed by atoms with Gasteiger partial charge in [-0.3, -0.25) is 4.79 Å². The number of hydrogen-bond acceptors (Lipinski definition) is 7. The molecule has 3 rings (SSSR count). The molecule has 1 aromatic heterocycles. The van der Waals surface area contributed by atoms with Crippen LogP contribution in [0.15, 0.2) is 40.5 Å². The molecular weight excluding hydrogens is 290 g/mol. The molecule has 0 spiro atoms. The largest absolute Gasteiger partial charge is 0.469 e. The number of aliphatic hydroxyl groups excluding tert-OH is 1. The van der Waals surface area contributed by atoms with E-state index in [0.717, 1.165) is 15.6 Å². The Balaban J connectivity index is 1.85. The zero-order chi connectivity index (χ0) is 14.8. The molecule has 1 atom stereocenters. The highest BCUT2D eigenvalue weighted by Crippen LogP contribution is 2.42. The number of rotatable bonds is 3. The molecule has 0 bridgehead atoms. The van der Waals surface area contributed by atoms with E-state index in [-0.39, 0.29) is 6.42 Å². The maximum absolute atomic E-state index is 11.2. The standard InChI is InChI=1S/C14H13N3O3S/c1-20-12(19)7-10(18)8-2-3-11-9(6-8)17-13-14(21-11)16-5-4-15-13/h2-6,10,18H,7H2,1H3,(H,15,17). The van der Waals surface area contributed by atoms with Crippen molar-refractivity contribution in [1.82, 2.24) is 9.97 Å². The number of carbonyl (C=O) groups excluding carboxylic acids is 1. The molecule has 0 radical (unpaired) electrons. The summed E-state index contributed by atoms with van der Waals surface area (Å²) in [7, 11) is 1.30. The molecule has 0 saturated heterocycles. The smallest absolute Gasteiger partial charge is 0.308 e. The van der Waals surface area contributed by atoms with Crippen LogP contribution in [0.4, 0.5) is 11.5 Å². The van der Waals surface area contributed by atoms with E-state index in [1.54, 1.807) is 18.5 Å². The Hall–Kier alpha value is -2.12. The summed E-state index contributed by atoms with van der Waals surface area (Å²) in [5.74, 6) is 0.244. The van der Waals surface area contributed by atoms with Gasteiger partial charge in [0, 0.05) is 17.3 Å². The van der Waals surface area contributed by atoms with Crippen molar-refractivity contribution in [1.29, 1.82) is 0 Å². The molecule has 1 aromatic carbocycles. The van der Waals surface area contributed by atoms with Crippen LogP contribution in [0.3, 0.4) is 0 Å². The topological polar surface area (TPSA) is 84.3 Å². The van der Waals surface area contributed by atoms with Gasteiger partial charge in [-0.15, -0.1) is 0 Å². The van der Waals surface area contributed by atoms with Crippen molar-refractivity contribution in [3.8, 4) is 0 Å². The summed E-state index contributed by atoms with van der Waals surface area (Å²) in [6.45, 7) is 0. The number of aromatic nitrogens is 2. The van der Waals surface area contributed by atoms with E-state index >= 15 is 0 Å². The summed E-state index contributed by atoms with van der Waals surface area (Å²) >= 11 is 1.51. The van der Waals surface area contributed by atoms with Crippen molar-refractivity contribution in [2.24, 2.45) is 0 Å². The van der Waals surface area contributed by atoms with Crippen LogP contribution in [0.25, 0.3) is 0 Å². The Labute approximate surface area is 125 Å². The first kappa shape index (κ1) is 13.8. The lowest BCUT2D eigenvalue weighted by molar-refractivity contribution is -0.142. The highest BCUT2D eigenvalue weighted by Gasteiger charge is 2.20. The number of methoxy groups -OCH3 is 1. The van der Waals surface area contributed by atoms with Gasteiger partial charge in [0.2, 0.25) is 0 Å². The normalized spacial score (nSPS) is 13.6. The van der Waals surface area contributed by atoms with E-state index in [1.807, 2.05) is 12.1 Å². The Bertz CT molecular complexity index is 693. The average Bonchev–Trinajstić information content (AvgIpc) is 2.52. The van der Waals surface area contributed by atoms with Crippen LogP contribution < -0.4 is 5.32 Å². The minimum absolute atomic E-state index is 0.0706. The Morgan fingerprint density at radius 1 is 1.43 bits per heavy atom. The van der Waals surface area contributed by atoms with Gasteiger partial charge in [-0.1, -0.05) is 17.8 Å². The fraction of sp³-hybridized carbons (Fsp3) is 0.214. The lowest BCUT2D eigenvalue weighted by atomic mass is 10.1. The summed E-state index contributed by atoms with van der Waals surface area (Å²) in [4.78, 5) is 20.7. The van der Waals surface area contributed by atoms with E-state index in [2.05, 4.69) is 20.0 Å². The van der Waals surface area contributed by atoms with Crippen LogP contribution in [0.1, 0.15) is 18.1 Å². The minimum Gasteiger partial charge on any atom is -0.469 e. The average molecular weight is 303 g/mol. The van der Waals surface area contributed by atoms with Crippen LogP contribution in [0, 0.1) is 0 Å². The Morgan fingerprint density at radius 3 is 3.05 bits per heavy atom. The van der Waals surface area contributed by atoms with Crippen molar-refractivity contribution in [2.45, 2.75) is 22.4 Å². The van der Waals surface area contributed by atoms with Gasteiger partial charge in [0.25, 0.3) is 0 Å². The summed E-state index contributed by atoms with van der Waals surface area (Å²) in [5, 5.41) is 14.0. The third-order valence-electron chi connectivity index (χ3n) is 3.10. The highest BCUT2D eigenvalue weighted by atomic mass is 32.2. The number of nitrogens with one attached hydrogen (secondary N) is 1. The van der Waals surface area contributed by atoms with Crippen LogP contribution in [-0.4, -0.2) is 28.2 Å². The van der Waals surface area contributed by atoms with Gasteiger partial charge in [-0.05, 0) is 17.7 Å². The number of fused-ring (bicyclic) bond motifs is 2. The second-order valence-electron chi connectivity index (χ2n) is 4.49. The molecule has 0 aliphatic carbocycles. The van der Waals surface area contributed by atoms with E-state index in [9.17, 15) is 9.90 Å². The third kappa shape index (κ3) is 2.84. The molecule has 2 heterocycles. The molecule has 0 amide bonds. The van der Waals surface area contributed by atoms with Crippen LogP contribution >= 0.6 is 11.8 Å². The van der Waals surface area contributed by atoms with Gasteiger partial charge in [-0.2, -0.15) is 0 Å². The molecule has 1 unspecified atom stereocenters. The first-order valence-electron chi connectivity index (χ1n) is 6.32. The molecule has 0 fully saturated rings. The van der Waals surface area contributed by atoms with Crippen molar-refractivity contribution >= 4 is 29.2 Å². The number of carbonyl (C=O) groups is 1. The minimum atomic E-state index is -0.891. The summed E-state index contributed by atoms with van der Waals surface area (Å²) in [6, 6.07) is 5.50. The van der Waals surface area contributed by atoms with Gasteiger partial charge < -0.3 is 15.2 Å². The second kappa shape index (κ2) is 5.71. The molecule has 6 nitrogen and oxygen atoms in total. The second-order valence-corrected chi connectivity index (χ2v) is 5.52. The molecule has 0 saturated carbocycles. The Morgan fingerprint density at radius 2 is 2.24 bits per heavy atom. The highest BCUT2D eigenvalue weighted by molar-refractivity contribution is 7.99. The summed E-state index contributed by atoms with van der Waals surface area (Å²) in [5.41, 5.74) is 1.49. The molecule has 108 valence electrons. The number of esters is 1. The van der Waals surface area contributed by atoms with Crippen molar-refractivity contribution in [3.05, 3.63) is 36.2 Å². The van der Waals surface area contributed by atoms with Gasteiger partial charge in [0.05, 0.1) is 25.3 Å². The van der Waals surface area contributed by atoms with Crippen LogP contribution in [0.5, 0.6) is 0 Å². The quantitative estimate of drug-likeness (QED) is 0.718. The van der Waals surface area contributed by atoms with Gasteiger partial charge in [0.1, 0.15) is 5.03 Å². The molecule has 2 aromatic rings. The SMILES string of the molecule is COC(=O)CC(O)c1ccc2c(c1)Nc1nccnc1S2. The van der Waals surface area contributed by atoms with E-state index in [4.69, 9.17) is 0 Å². The number of anilines is 2. The number of hydrogen-bond donors (Lipinski definition) is 2. The van der Waals surface area contributed by atoms with E-state index in [0.29, 0.717) is 11.4 Å². The van der Waals surface area contributed by atoms with Gasteiger partial charge >= 0.3 is 5.97 Å². The summed E-state index contributed by atoms with van der Waals surface area (Å²) in [6.07, 6.45) is 2.30. The predicted octanol–water partition coefficient (Wildman–Crippen LogP) is 2.28. The zero-order valence-electron chi connectivity index (χ0n) is 11.2. The number of aliphatic hydroxyl groups is 1. The molecule has 7 heteroatoms. The van der Waals surface area contributed by atoms with Crippen molar-refractivity contribution in [2.75, 3.05) is 12.4 Å². The Kier molecular flexibility index (Phi) is 3.76. The monoisotopic (exact) mass is 303 g/mol. The van der Waals surface area contributed by atoms with Crippen LogP contribution in [-0.2, 0) is 9.53 Å². The molecule has 1 aliphatic heterocycles. The van der Waals surface area contributed by atoms with E-state index in [1.165, 1.54) is 18.9 Å². The fourth-order valence-corrected chi connectivity index (χ4v) is 2.90. The van der Waals surface area contributed by atoms with Gasteiger partial charge in [0.15, 0.2) is 5.82 Å². The molecule has 1 aliphatic rings. The maximum Gasteiger partial charge on any atom is 0.308 e. The lowest BCUT2D eigenvalue weighted by Crippen LogP contribution is -2.09. The number of benzene rings is 1. The van der Waals surface area contributed by atoms with Crippen molar-refractivity contribution in [3.63, 3.8) is 0 Å². The van der Waals surface area contributed by atoms with Gasteiger partial charge in [-0.25, -0.2) is 9.97 Å². The first-order chi connectivity index (χ1) is 10.2. The van der Waals surface area contributed by atoms with Crippen LogP contribution in [0.2, 0.25) is 0 Å². The van der Waals surface area contributed by atoms with E-state index < -0.39 is 12.1 Å². The van der Waals surface area contributed by atoms with Crippen molar-refractivity contribution < 1.29 is 14.6 Å². The maximum atomic E-state index is 11.2. The molecule has 21 heavy (non-hydrogen) atoms. The first-order valence-corrected chi connectivity index (χ1v) is 7.13. The number of ether oxygens (including phenoxy) is 1. The zero-order valence-corrected chi connectivity index (χ0v) is 12.1. The molecule has 2 N–H and O–H groups in total. The third-order valence-corrected chi connectivity index (χ3v) is 4.17. The summed E-state index contributed by atoms with van der Waals surface area (Å²) < 4.78 is 4.56.